The van der Waals surface area contributed by atoms with Gasteiger partial charge in [-0.25, -0.2) is 12.8 Å². The highest BCUT2D eigenvalue weighted by Gasteiger charge is 2.36. The summed E-state index contributed by atoms with van der Waals surface area (Å²) in [4.78, 5) is 16.2. The Hall–Kier alpha value is -1.81. The minimum Gasteiger partial charge on any atom is -0.376 e. The number of rotatable bonds is 7. The van der Waals surface area contributed by atoms with E-state index >= 15 is 0 Å². The topological polar surface area (TPSA) is 66.9 Å². The molecular weight excluding hydrogens is 451 g/mol. The molecule has 2 unspecified atom stereocenters. The summed E-state index contributed by atoms with van der Waals surface area (Å²) in [6.07, 6.45) is 3.08. The van der Waals surface area contributed by atoms with Crippen LogP contribution in [-0.2, 0) is 26.1 Å². The lowest BCUT2D eigenvalue weighted by Crippen LogP contribution is -2.47. The molecule has 2 atom stereocenters. The van der Waals surface area contributed by atoms with Crippen molar-refractivity contribution in [3.8, 4) is 0 Å². The van der Waals surface area contributed by atoms with E-state index in [1.54, 1.807) is 29.2 Å². The van der Waals surface area contributed by atoms with Crippen LogP contribution in [0.1, 0.15) is 36.1 Å². The lowest BCUT2D eigenvalue weighted by molar-refractivity contribution is -0.139. The summed E-state index contributed by atoms with van der Waals surface area (Å²) in [5.74, 6) is -0.852. The third kappa shape index (κ3) is 5.39. The summed E-state index contributed by atoms with van der Waals surface area (Å²) in [6, 6.07) is 9.69. The summed E-state index contributed by atoms with van der Waals surface area (Å²) in [5, 5.41) is 0. The Morgan fingerprint density at radius 2 is 2.09 bits per heavy atom. The molecule has 2 saturated heterocycles. The number of halogens is 1. The molecule has 2 aliphatic heterocycles. The van der Waals surface area contributed by atoms with E-state index in [4.69, 9.17) is 4.74 Å². The van der Waals surface area contributed by atoms with Gasteiger partial charge in [-0.15, -0.1) is 11.3 Å². The van der Waals surface area contributed by atoms with Crippen LogP contribution in [0.2, 0.25) is 0 Å². The number of carbonyl (C=O) groups is 1. The molecule has 0 bridgehead atoms. The molecule has 6 nitrogen and oxygen atoms in total. The van der Waals surface area contributed by atoms with Crippen molar-refractivity contribution in [2.75, 3.05) is 26.2 Å². The molecule has 2 fully saturated rings. The minimum atomic E-state index is -3.61. The number of sulfonamides is 1. The van der Waals surface area contributed by atoms with E-state index in [2.05, 4.69) is 0 Å². The van der Waals surface area contributed by atoms with Crippen molar-refractivity contribution in [2.45, 2.75) is 49.5 Å². The largest absolute Gasteiger partial charge is 0.376 e. The first kappa shape index (κ1) is 23.4. The van der Waals surface area contributed by atoms with Crippen molar-refractivity contribution in [3.05, 3.63) is 52.7 Å². The molecule has 9 heteroatoms. The van der Waals surface area contributed by atoms with Gasteiger partial charge in [0.15, 0.2) is 0 Å². The summed E-state index contributed by atoms with van der Waals surface area (Å²) in [6.45, 7) is 3.86. The van der Waals surface area contributed by atoms with Gasteiger partial charge in [0.1, 0.15) is 10.0 Å². The summed E-state index contributed by atoms with van der Waals surface area (Å²) < 4.78 is 47.4. The Balaban J connectivity index is 1.51. The third-order valence-corrected chi connectivity index (χ3v) is 9.40. The van der Waals surface area contributed by atoms with Crippen LogP contribution in [0.4, 0.5) is 4.39 Å². The zero-order valence-corrected chi connectivity index (χ0v) is 19.8. The molecule has 0 spiro atoms. The number of hydrogen-bond donors (Lipinski definition) is 0. The Morgan fingerprint density at radius 3 is 2.78 bits per heavy atom. The highest BCUT2D eigenvalue weighted by molar-refractivity contribution is 7.91. The molecule has 1 amide bonds. The van der Waals surface area contributed by atoms with Gasteiger partial charge in [0, 0.05) is 37.7 Å². The van der Waals surface area contributed by atoms with E-state index in [-0.39, 0.29) is 30.9 Å². The van der Waals surface area contributed by atoms with E-state index in [9.17, 15) is 17.6 Å². The Morgan fingerprint density at radius 1 is 1.25 bits per heavy atom. The molecule has 0 N–H and O–H groups in total. The van der Waals surface area contributed by atoms with Crippen molar-refractivity contribution >= 4 is 27.3 Å². The number of benzene rings is 1. The van der Waals surface area contributed by atoms with Crippen molar-refractivity contribution < 1.29 is 22.3 Å². The number of hydrogen-bond acceptors (Lipinski definition) is 5. The highest BCUT2D eigenvalue weighted by Crippen LogP contribution is 2.29. The molecule has 0 aliphatic carbocycles. The summed E-state index contributed by atoms with van der Waals surface area (Å²) >= 11 is 1.25. The zero-order chi connectivity index (χ0) is 22.7. The normalized spacial score (nSPS) is 22.2. The number of aryl methyl sites for hydroxylation is 1. The maximum Gasteiger partial charge on any atom is 0.252 e. The van der Waals surface area contributed by atoms with Crippen LogP contribution in [-0.4, -0.2) is 55.9 Å². The number of piperidine rings is 1. The van der Waals surface area contributed by atoms with Crippen molar-refractivity contribution in [2.24, 2.45) is 5.92 Å². The van der Waals surface area contributed by atoms with Gasteiger partial charge in [0.05, 0.1) is 12.0 Å². The standard InChI is InChI=1S/C23H29FN2O4S2/c1-17-9-10-22(31-17)32(28,29)26-11-3-6-19(15-26)23(27)25(16-21-8-4-12-30-21)14-18-5-2-7-20(24)13-18/h2,5,7,9-10,13,19,21H,3-4,6,8,11-12,14-16H2,1H3. The van der Waals surface area contributed by atoms with Gasteiger partial charge in [-0.2, -0.15) is 4.31 Å². The van der Waals surface area contributed by atoms with Gasteiger partial charge >= 0.3 is 0 Å². The molecule has 2 aromatic rings. The van der Waals surface area contributed by atoms with E-state index in [1.807, 2.05) is 6.92 Å². The number of nitrogens with zero attached hydrogens (tertiary/aromatic N) is 2. The first-order chi connectivity index (χ1) is 15.3. The van der Waals surface area contributed by atoms with Gasteiger partial charge in [-0.05, 0) is 62.4 Å². The first-order valence-corrected chi connectivity index (χ1v) is 13.3. The fourth-order valence-corrected chi connectivity index (χ4v) is 7.38. The number of carbonyl (C=O) groups excluding carboxylic acids is 1. The van der Waals surface area contributed by atoms with Crippen LogP contribution < -0.4 is 0 Å². The second-order valence-electron chi connectivity index (χ2n) is 8.55. The molecule has 0 saturated carbocycles. The monoisotopic (exact) mass is 480 g/mol. The molecule has 2 aliphatic rings. The molecule has 1 aromatic carbocycles. The molecule has 1 aromatic heterocycles. The number of thiophene rings is 1. The second kappa shape index (κ2) is 9.99. The van der Waals surface area contributed by atoms with Crippen LogP contribution in [0.15, 0.2) is 40.6 Å². The van der Waals surface area contributed by atoms with Crippen LogP contribution in [0, 0.1) is 18.7 Å². The van der Waals surface area contributed by atoms with E-state index in [1.165, 1.54) is 27.8 Å². The summed E-state index contributed by atoms with van der Waals surface area (Å²) in [5.41, 5.74) is 0.714. The van der Waals surface area contributed by atoms with Crippen LogP contribution in [0.5, 0.6) is 0 Å². The average Bonchev–Trinajstić information content (AvgIpc) is 3.45. The first-order valence-electron chi connectivity index (χ1n) is 11.0. The Kier molecular flexibility index (Phi) is 7.29. The predicted octanol–water partition coefficient (Wildman–Crippen LogP) is 3.80. The predicted molar refractivity (Wildman–Crippen MR) is 121 cm³/mol. The quantitative estimate of drug-likeness (QED) is 0.605. The lowest BCUT2D eigenvalue weighted by Gasteiger charge is -2.35. The SMILES string of the molecule is Cc1ccc(S(=O)(=O)N2CCCC(C(=O)N(Cc3cccc(F)c3)CC3CCCO3)C2)s1. The highest BCUT2D eigenvalue weighted by atomic mass is 32.2. The van der Waals surface area contributed by atoms with Crippen molar-refractivity contribution in [1.29, 1.82) is 0 Å². The summed E-state index contributed by atoms with van der Waals surface area (Å²) in [7, 11) is -3.61. The van der Waals surface area contributed by atoms with Gasteiger partial charge in [0.2, 0.25) is 5.91 Å². The molecule has 174 valence electrons. The number of amides is 1. The van der Waals surface area contributed by atoms with Crippen molar-refractivity contribution in [3.63, 3.8) is 0 Å². The average molecular weight is 481 g/mol. The minimum absolute atomic E-state index is 0.0370. The number of ether oxygens (including phenoxy) is 1. The fraction of sp³-hybridized carbons (Fsp3) is 0.522. The molecule has 4 rings (SSSR count). The third-order valence-electron chi connectivity index (χ3n) is 6.07. The fourth-order valence-electron chi connectivity index (χ4n) is 4.42. The van der Waals surface area contributed by atoms with Gasteiger partial charge in [-0.3, -0.25) is 4.79 Å². The zero-order valence-electron chi connectivity index (χ0n) is 18.2. The Labute approximate surface area is 193 Å². The van der Waals surface area contributed by atoms with Gasteiger partial charge in [-0.1, -0.05) is 12.1 Å². The molecule has 32 heavy (non-hydrogen) atoms. The van der Waals surface area contributed by atoms with E-state index in [0.29, 0.717) is 42.3 Å². The Bertz CT molecular complexity index is 1050. The maximum atomic E-state index is 13.7. The molecular formula is C23H29FN2O4S2. The smallest absolute Gasteiger partial charge is 0.252 e. The van der Waals surface area contributed by atoms with Crippen LogP contribution >= 0.6 is 11.3 Å². The molecule has 3 heterocycles. The van der Waals surface area contributed by atoms with Crippen molar-refractivity contribution in [1.82, 2.24) is 9.21 Å². The van der Waals surface area contributed by atoms with Crippen LogP contribution in [0.3, 0.4) is 0 Å². The van der Waals surface area contributed by atoms with E-state index in [0.717, 1.165) is 17.7 Å². The van der Waals surface area contributed by atoms with Gasteiger partial charge < -0.3 is 9.64 Å². The van der Waals surface area contributed by atoms with Crippen LogP contribution in [0.25, 0.3) is 0 Å². The lowest BCUT2D eigenvalue weighted by atomic mass is 9.97. The van der Waals surface area contributed by atoms with Gasteiger partial charge in [0.25, 0.3) is 10.0 Å². The van der Waals surface area contributed by atoms with E-state index < -0.39 is 15.9 Å². The molecule has 0 radical (unpaired) electrons. The maximum absolute atomic E-state index is 13.7. The second-order valence-corrected chi connectivity index (χ2v) is 12.0.